The van der Waals surface area contributed by atoms with Crippen molar-refractivity contribution in [3.8, 4) is 11.1 Å². The predicted molar refractivity (Wildman–Crippen MR) is 209 cm³/mol. The molecule has 4 nitrogen and oxygen atoms in total. The SMILES string of the molecule is CCCCCCCCCCCC[N+](C)(CCO)Cc1ccc(-c2ccc(C[N+](C)(CCO)CCCCCCCCCCCC)cc2)cc1. The lowest BCUT2D eigenvalue weighted by atomic mass is 10.0. The summed E-state index contributed by atoms with van der Waals surface area (Å²) >= 11 is 0. The number of benzene rings is 2. The summed E-state index contributed by atoms with van der Waals surface area (Å²) in [6.07, 6.45) is 27.2. The van der Waals surface area contributed by atoms with Gasteiger partial charge in [-0.1, -0.05) is 165 Å². The minimum Gasteiger partial charge on any atom is -0.391 e. The molecular formula is C44H78N2O2+2. The molecule has 2 atom stereocenters. The van der Waals surface area contributed by atoms with Gasteiger partial charge in [-0.25, -0.2) is 0 Å². The Morgan fingerprint density at radius 2 is 0.646 bits per heavy atom. The highest BCUT2D eigenvalue weighted by molar-refractivity contribution is 5.63. The highest BCUT2D eigenvalue weighted by Gasteiger charge is 2.22. The molecule has 0 amide bonds. The van der Waals surface area contributed by atoms with E-state index < -0.39 is 0 Å². The summed E-state index contributed by atoms with van der Waals surface area (Å²) in [4.78, 5) is 0. The first kappa shape index (κ1) is 42.4. The van der Waals surface area contributed by atoms with Gasteiger partial charge in [-0.15, -0.1) is 0 Å². The van der Waals surface area contributed by atoms with E-state index in [4.69, 9.17) is 0 Å². The molecule has 0 bridgehead atoms. The molecule has 48 heavy (non-hydrogen) atoms. The van der Waals surface area contributed by atoms with Crippen LogP contribution in [0.4, 0.5) is 0 Å². The monoisotopic (exact) mass is 667 g/mol. The molecule has 0 saturated heterocycles. The van der Waals surface area contributed by atoms with Gasteiger partial charge in [0.1, 0.15) is 26.2 Å². The fourth-order valence-electron chi connectivity index (χ4n) is 7.47. The molecule has 0 spiro atoms. The molecule has 0 radical (unpaired) electrons. The van der Waals surface area contributed by atoms with Crippen LogP contribution in [0.2, 0.25) is 0 Å². The molecule has 0 fully saturated rings. The molecule has 2 rings (SSSR count). The van der Waals surface area contributed by atoms with Gasteiger partial charge in [0.05, 0.1) is 40.4 Å². The number of unbranched alkanes of at least 4 members (excludes halogenated alkanes) is 18. The van der Waals surface area contributed by atoms with Gasteiger partial charge in [-0.2, -0.15) is 0 Å². The highest BCUT2D eigenvalue weighted by Crippen LogP contribution is 2.24. The number of likely N-dealkylation sites (N-methyl/N-ethyl adjacent to an activating group) is 2. The summed E-state index contributed by atoms with van der Waals surface area (Å²) in [6.45, 7) is 10.9. The average Bonchev–Trinajstić information content (AvgIpc) is 3.07. The van der Waals surface area contributed by atoms with Crippen molar-refractivity contribution in [3.05, 3.63) is 59.7 Å². The van der Waals surface area contributed by atoms with E-state index in [1.54, 1.807) is 0 Å². The normalized spacial score (nSPS) is 14.2. The van der Waals surface area contributed by atoms with E-state index >= 15 is 0 Å². The van der Waals surface area contributed by atoms with Gasteiger partial charge < -0.3 is 19.2 Å². The molecule has 0 aromatic heterocycles. The Hall–Kier alpha value is -1.72. The number of aliphatic hydroxyl groups excluding tert-OH is 2. The lowest BCUT2D eigenvalue weighted by Crippen LogP contribution is -2.46. The molecule has 0 heterocycles. The zero-order valence-corrected chi connectivity index (χ0v) is 32.2. The molecule has 2 aromatic rings. The van der Waals surface area contributed by atoms with Gasteiger partial charge >= 0.3 is 0 Å². The maximum atomic E-state index is 9.84. The van der Waals surface area contributed by atoms with E-state index in [0.29, 0.717) is 0 Å². The third kappa shape index (κ3) is 18.9. The van der Waals surface area contributed by atoms with Crippen LogP contribution in [0.15, 0.2) is 48.5 Å². The van der Waals surface area contributed by atoms with Crippen molar-refractivity contribution in [2.24, 2.45) is 0 Å². The average molecular weight is 667 g/mol. The molecule has 0 saturated carbocycles. The van der Waals surface area contributed by atoms with Crippen molar-refractivity contribution in [1.29, 1.82) is 0 Å². The number of nitrogens with zero attached hydrogens (tertiary/aromatic N) is 2. The molecule has 2 aromatic carbocycles. The van der Waals surface area contributed by atoms with Gasteiger partial charge in [-0.3, -0.25) is 0 Å². The van der Waals surface area contributed by atoms with Crippen molar-refractivity contribution in [2.45, 2.75) is 155 Å². The number of quaternary nitrogens is 2. The first-order valence-corrected chi connectivity index (χ1v) is 20.4. The van der Waals surface area contributed by atoms with E-state index in [0.717, 1.165) is 48.2 Å². The molecule has 0 aliphatic heterocycles. The Morgan fingerprint density at radius 3 is 0.917 bits per heavy atom. The molecule has 0 aliphatic rings. The lowest BCUT2D eigenvalue weighted by molar-refractivity contribution is -0.923. The van der Waals surface area contributed by atoms with Crippen molar-refractivity contribution in [1.82, 2.24) is 0 Å². The van der Waals surface area contributed by atoms with Gasteiger partial charge in [0.15, 0.2) is 0 Å². The van der Waals surface area contributed by atoms with E-state index in [1.165, 1.54) is 151 Å². The van der Waals surface area contributed by atoms with Crippen LogP contribution < -0.4 is 0 Å². The van der Waals surface area contributed by atoms with Crippen LogP contribution in [0.1, 0.15) is 153 Å². The Morgan fingerprint density at radius 1 is 0.375 bits per heavy atom. The number of rotatable bonds is 31. The van der Waals surface area contributed by atoms with Gasteiger partial charge in [-0.05, 0) is 36.8 Å². The van der Waals surface area contributed by atoms with Crippen LogP contribution >= 0.6 is 0 Å². The first-order chi connectivity index (χ1) is 23.4. The number of aliphatic hydroxyl groups is 2. The summed E-state index contributed by atoms with van der Waals surface area (Å²) < 4.78 is 1.82. The second-order valence-corrected chi connectivity index (χ2v) is 15.7. The van der Waals surface area contributed by atoms with Gasteiger partial charge in [0.2, 0.25) is 0 Å². The number of hydrogen-bond donors (Lipinski definition) is 2. The van der Waals surface area contributed by atoms with Crippen LogP contribution in [-0.4, -0.2) is 72.7 Å². The van der Waals surface area contributed by atoms with E-state index in [1.807, 2.05) is 0 Å². The first-order valence-electron chi connectivity index (χ1n) is 20.4. The topological polar surface area (TPSA) is 40.5 Å². The second-order valence-electron chi connectivity index (χ2n) is 15.7. The Labute approximate surface area is 298 Å². The van der Waals surface area contributed by atoms with Crippen LogP contribution in [0, 0.1) is 0 Å². The summed E-state index contributed by atoms with van der Waals surface area (Å²) in [5.41, 5.74) is 5.22. The van der Waals surface area contributed by atoms with Crippen molar-refractivity contribution in [2.75, 3.05) is 53.5 Å². The quantitative estimate of drug-likeness (QED) is 0.0621. The van der Waals surface area contributed by atoms with E-state index in [9.17, 15) is 10.2 Å². The fraction of sp³-hybridized carbons (Fsp3) is 0.727. The summed E-state index contributed by atoms with van der Waals surface area (Å²) in [7, 11) is 4.63. The van der Waals surface area contributed by atoms with Crippen molar-refractivity contribution in [3.63, 3.8) is 0 Å². The van der Waals surface area contributed by atoms with Crippen molar-refractivity contribution >= 4 is 0 Å². The largest absolute Gasteiger partial charge is 0.391 e. The third-order valence-electron chi connectivity index (χ3n) is 10.8. The summed E-state index contributed by atoms with van der Waals surface area (Å²) in [5, 5.41) is 19.7. The van der Waals surface area contributed by atoms with Crippen LogP contribution in [-0.2, 0) is 13.1 Å². The smallest absolute Gasteiger partial charge is 0.104 e. The van der Waals surface area contributed by atoms with Gasteiger partial charge in [0, 0.05) is 11.1 Å². The molecule has 4 heteroatoms. The minimum absolute atomic E-state index is 0.244. The second kappa shape index (κ2) is 26.1. The lowest BCUT2D eigenvalue weighted by Gasteiger charge is -2.34. The Balaban J connectivity index is 1.79. The molecular weight excluding hydrogens is 588 g/mol. The third-order valence-corrected chi connectivity index (χ3v) is 10.8. The molecule has 2 N–H and O–H groups in total. The van der Waals surface area contributed by atoms with E-state index in [2.05, 4.69) is 76.5 Å². The summed E-state index contributed by atoms with van der Waals surface area (Å²) in [5.74, 6) is 0. The van der Waals surface area contributed by atoms with Gasteiger partial charge in [0.25, 0.3) is 0 Å². The maximum absolute atomic E-state index is 9.84. The molecule has 2 unspecified atom stereocenters. The fourth-order valence-corrected chi connectivity index (χ4v) is 7.47. The molecule has 274 valence electrons. The Kier molecular flexibility index (Phi) is 23.1. The minimum atomic E-state index is 0.244. The van der Waals surface area contributed by atoms with Crippen LogP contribution in [0.25, 0.3) is 11.1 Å². The zero-order chi connectivity index (χ0) is 34.8. The number of hydrogen-bond acceptors (Lipinski definition) is 2. The predicted octanol–water partition coefficient (Wildman–Crippen LogP) is 11.1. The van der Waals surface area contributed by atoms with Crippen LogP contribution in [0.5, 0.6) is 0 Å². The zero-order valence-electron chi connectivity index (χ0n) is 32.2. The van der Waals surface area contributed by atoms with Crippen molar-refractivity contribution < 1.29 is 19.2 Å². The Bertz CT molecular complexity index is 940. The molecule has 0 aliphatic carbocycles. The maximum Gasteiger partial charge on any atom is 0.104 e. The summed E-state index contributed by atoms with van der Waals surface area (Å²) in [6, 6.07) is 18.2. The van der Waals surface area contributed by atoms with E-state index in [-0.39, 0.29) is 13.2 Å². The van der Waals surface area contributed by atoms with Crippen LogP contribution in [0.3, 0.4) is 0 Å². The standard InChI is InChI=1S/C44H78N2O2/c1-5-7-9-11-13-15-17-19-21-23-33-45(3,35-37-47)39-41-25-29-43(30-26-41)44-31-27-42(28-32-44)40-46(4,36-38-48)34-24-22-20-18-16-14-12-10-8-6-2/h25-32,47-48H,5-24,33-40H2,1-4H3/q+2. The highest BCUT2D eigenvalue weighted by atomic mass is 16.3.